The molecule has 0 radical (unpaired) electrons. The van der Waals surface area contributed by atoms with E-state index in [0.717, 1.165) is 12.8 Å². The largest absolute Gasteiger partial charge is 0.276 e. The van der Waals surface area contributed by atoms with Crippen molar-refractivity contribution in [1.82, 2.24) is 0 Å². The molecule has 0 aliphatic rings. The first-order valence-electron chi connectivity index (χ1n) is 3.96. The average molecular weight is 185 g/mol. The molecule has 0 aromatic heterocycles. The molecular weight excluding hydrogens is 172 g/mol. The fourth-order valence-corrected chi connectivity index (χ4v) is 0.674. The first kappa shape index (κ1) is 11.2. The molecule has 0 atom stereocenters. The SMILES string of the molecule is CCC/C=C/C=C/C=C/C(=O)Cl. The molecule has 0 aliphatic carbocycles. The second-order valence-electron chi connectivity index (χ2n) is 2.26. The fraction of sp³-hybridized carbons (Fsp3) is 0.300. The van der Waals surface area contributed by atoms with Gasteiger partial charge in [0.15, 0.2) is 0 Å². The summed E-state index contributed by atoms with van der Waals surface area (Å²) in [5.74, 6) is 0. The van der Waals surface area contributed by atoms with Crippen LogP contribution in [0.15, 0.2) is 36.5 Å². The molecule has 0 unspecified atom stereocenters. The van der Waals surface area contributed by atoms with Crippen LogP contribution in [0.5, 0.6) is 0 Å². The molecule has 0 N–H and O–H groups in total. The van der Waals surface area contributed by atoms with Gasteiger partial charge in [-0.2, -0.15) is 0 Å². The third-order valence-corrected chi connectivity index (χ3v) is 1.28. The van der Waals surface area contributed by atoms with E-state index < -0.39 is 5.24 Å². The molecule has 0 bridgehead atoms. The van der Waals surface area contributed by atoms with Crippen LogP contribution in [0.4, 0.5) is 0 Å². The maximum Gasteiger partial charge on any atom is 0.245 e. The molecule has 1 nitrogen and oxygen atoms in total. The van der Waals surface area contributed by atoms with Crippen LogP contribution in [-0.2, 0) is 4.79 Å². The van der Waals surface area contributed by atoms with Crippen molar-refractivity contribution in [2.24, 2.45) is 0 Å². The van der Waals surface area contributed by atoms with Crippen LogP contribution in [0, 0.1) is 0 Å². The lowest BCUT2D eigenvalue weighted by atomic mass is 10.3. The van der Waals surface area contributed by atoms with E-state index in [0.29, 0.717) is 0 Å². The lowest BCUT2D eigenvalue weighted by Crippen LogP contribution is -1.71. The van der Waals surface area contributed by atoms with Crippen molar-refractivity contribution in [3.05, 3.63) is 36.5 Å². The molecule has 0 aromatic carbocycles. The highest BCUT2D eigenvalue weighted by atomic mass is 35.5. The van der Waals surface area contributed by atoms with E-state index in [1.54, 1.807) is 12.2 Å². The van der Waals surface area contributed by atoms with E-state index in [4.69, 9.17) is 11.6 Å². The zero-order valence-corrected chi connectivity index (χ0v) is 7.92. The van der Waals surface area contributed by atoms with Crippen molar-refractivity contribution < 1.29 is 4.79 Å². The van der Waals surface area contributed by atoms with Crippen LogP contribution in [0.3, 0.4) is 0 Å². The van der Waals surface area contributed by atoms with Gasteiger partial charge in [0.25, 0.3) is 0 Å². The minimum absolute atomic E-state index is 0.447. The molecule has 0 amide bonds. The van der Waals surface area contributed by atoms with Crippen molar-refractivity contribution >= 4 is 16.8 Å². The van der Waals surface area contributed by atoms with Gasteiger partial charge in [-0.05, 0) is 24.1 Å². The Balaban J connectivity index is 3.56. The quantitative estimate of drug-likeness (QED) is 0.364. The van der Waals surface area contributed by atoms with Gasteiger partial charge in [0.05, 0.1) is 0 Å². The summed E-state index contributed by atoms with van der Waals surface area (Å²) in [5.41, 5.74) is 0. The van der Waals surface area contributed by atoms with Gasteiger partial charge in [0.2, 0.25) is 5.24 Å². The van der Waals surface area contributed by atoms with Crippen molar-refractivity contribution in [3.8, 4) is 0 Å². The Bertz CT molecular complexity index is 202. The summed E-state index contributed by atoms with van der Waals surface area (Å²) in [4.78, 5) is 10.2. The van der Waals surface area contributed by atoms with Crippen LogP contribution >= 0.6 is 11.6 Å². The number of halogens is 1. The second-order valence-corrected chi connectivity index (χ2v) is 2.64. The van der Waals surface area contributed by atoms with E-state index in [1.165, 1.54) is 6.08 Å². The molecule has 0 saturated heterocycles. The van der Waals surface area contributed by atoms with Crippen LogP contribution in [-0.4, -0.2) is 5.24 Å². The number of hydrogen-bond donors (Lipinski definition) is 0. The predicted molar refractivity (Wildman–Crippen MR) is 53.2 cm³/mol. The van der Waals surface area contributed by atoms with Crippen LogP contribution < -0.4 is 0 Å². The monoisotopic (exact) mass is 184 g/mol. The molecule has 0 fully saturated rings. The first-order chi connectivity index (χ1) is 5.77. The molecular formula is C10H13ClO. The van der Waals surface area contributed by atoms with Crippen molar-refractivity contribution in [2.45, 2.75) is 19.8 Å². The number of allylic oxidation sites excluding steroid dienone is 6. The summed E-state index contributed by atoms with van der Waals surface area (Å²) >= 11 is 5.06. The number of unbranched alkanes of at least 4 members (excludes halogenated alkanes) is 1. The smallest absolute Gasteiger partial charge is 0.245 e. The summed E-state index contributed by atoms with van der Waals surface area (Å²) in [5, 5.41) is -0.447. The maximum absolute atomic E-state index is 10.2. The summed E-state index contributed by atoms with van der Waals surface area (Å²) < 4.78 is 0. The summed E-state index contributed by atoms with van der Waals surface area (Å²) in [7, 11) is 0. The summed E-state index contributed by atoms with van der Waals surface area (Å²) in [6.45, 7) is 2.13. The summed E-state index contributed by atoms with van der Waals surface area (Å²) in [6, 6.07) is 0. The number of rotatable bonds is 5. The standard InChI is InChI=1S/C10H13ClO/c1-2-3-4-5-6-7-8-9-10(11)12/h4-9H,2-3H2,1H3/b5-4+,7-6+,9-8+. The van der Waals surface area contributed by atoms with Crippen molar-refractivity contribution in [1.29, 1.82) is 0 Å². The van der Waals surface area contributed by atoms with E-state index in [-0.39, 0.29) is 0 Å². The van der Waals surface area contributed by atoms with Gasteiger partial charge < -0.3 is 0 Å². The second kappa shape index (κ2) is 8.28. The molecule has 0 aliphatic heterocycles. The summed E-state index contributed by atoms with van der Waals surface area (Å²) in [6.07, 6.45) is 12.8. The van der Waals surface area contributed by atoms with Gasteiger partial charge in [-0.1, -0.05) is 43.7 Å². The Hall–Kier alpha value is -0.820. The first-order valence-corrected chi connectivity index (χ1v) is 4.34. The molecule has 0 spiro atoms. The highest BCUT2D eigenvalue weighted by Crippen LogP contribution is 1.89. The van der Waals surface area contributed by atoms with Gasteiger partial charge >= 0.3 is 0 Å². The fourth-order valence-electron chi connectivity index (χ4n) is 0.601. The molecule has 66 valence electrons. The Morgan fingerprint density at radius 3 is 2.50 bits per heavy atom. The highest BCUT2D eigenvalue weighted by molar-refractivity contribution is 6.66. The van der Waals surface area contributed by atoms with Crippen LogP contribution in [0.1, 0.15) is 19.8 Å². The third kappa shape index (κ3) is 9.18. The van der Waals surface area contributed by atoms with Gasteiger partial charge in [-0.25, -0.2) is 0 Å². The van der Waals surface area contributed by atoms with Crippen LogP contribution in [0.25, 0.3) is 0 Å². The van der Waals surface area contributed by atoms with Crippen molar-refractivity contribution in [3.63, 3.8) is 0 Å². The molecule has 0 rings (SSSR count). The Morgan fingerprint density at radius 1 is 1.25 bits per heavy atom. The molecule has 0 saturated carbocycles. The average Bonchev–Trinajstić information content (AvgIpc) is 2.02. The predicted octanol–water partition coefficient (Wildman–Crippen LogP) is 3.22. The molecule has 0 heterocycles. The van der Waals surface area contributed by atoms with Gasteiger partial charge in [0.1, 0.15) is 0 Å². The number of carbonyl (C=O) groups is 1. The number of carbonyl (C=O) groups excluding carboxylic acids is 1. The van der Waals surface area contributed by atoms with E-state index in [1.807, 2.05) is 12.2 Å². The van der Waals surface area contributed by atoms with Gasteiger partial charge in [-0.15, -0.1) is 0 Å². The topological polar surface area (TPSA) is 17.1 Å². The molecule has 12 heavy (non-hydrogen) atoms. The zero-order valence-electron chi connectivity index (χ0n) is 7.16. The van der Waals surface area contributed by atoms with E-state index in [2.05, 4.69) is 13.0 Å². The van der Waals surface area contributed by atoms with E-state index in [9.17, 15) is 4.79 Å². The molecule has 0 aromatic rings. The zero-order chi connectivity index (χ0) is 9.23. The third-order valence-electron chi connectivity index (χ3n) is 1.15. The van der Waals surface area contributed by atoms with Gasteiger partial charge in [-0.3, -0.25) is 4.79 Å². The van der Waals surface area contributed by atoms with Crippen molar-refractivity contribution in [2.75, 3.05) is 0 Å². The van der Waals surface area contributed by atoms with Crippen LogP contribution in [0.2, 0.25) is 0 Å². The Kier molecular flexibility index (Phi) is 7.71. The Morgan fingerprint density at radius 2 is 1.92 bits per heavy atom. The Labute approximate surface area is 78.4 Å². The lowest BCUT2D eigenvalue weighted by molar-refractivity contribution is -0.107. The molecule has 2 heteroatoms. The number of hydrogen-bond acceptors (Lipinski definition) is 1. The minimum atomic E-state index is -0.447. The van der Waals surface area contributed by atoms with Gasteiger partial charge in [0, 0.05) is 0 Å². The lowest BCUT2D eigenvalue weighted by Gasteiger charge is -1.79. The van der Waals surface area contributed by atoms with E-state index >= 15 is 0 Å². The normalized spacial score (nSPS) is 12.2. The minimum Gasteiger partial charge on any atom is -0.276 e. The maximum atomic E-state index is 10.2. The highest BCUT2D eigenvalue weighted by Gasteiger charge is 1.79.